The number of ether oxygens (including phenoxy) is 1. The van der Waals surface area contributed by atoms with Crippen LogP contribution in [0.3, 0.4) is 0 Å². The Bertz CT molecular complexity index is 347. The molecule has 1 aromatic carbocycles. The third kappa shape index (κ3) is 3.96. The van der Waals surface area contributed by atoms with Crippen LogP contribution in [0.5, 0.6) is 0 Å². The molecular formula is C12H16O2S. The van der Waals surface area contributed by atoms with E-state index in [-0.39, 0.29) is 5.97 Å². The van der Waals surface area contributed by atoms with Gasteiger partial charge in [0.25, 0.3) is 0 Å². The van der Waals surface area contributed by atoms with Gasteiger partial charge >= 0.3 is 5.97 Å². The molecule has 0 bridgehead atoms. The number of rotatable bonds is 4. The van der Waals surface area contributed by atoms with Gasteiger partial charge in [-0.05, 0) is 25.5 Å². The van der Waals surface area contributed by atoms with Crippen LogP contribution < -0.4 is 0 Å². The number of thioether (sulfide) groups is 1. The van der Waals surface area contributed by atoms with E-state index in [4.69, 9.17) is 0 Å². The zero-order valence-corrected chi connectivity index (χ0v) is 10.2. The highest BCUT2D eigenvalue weighted by Crippen LogP contribution is 2.23. The average Bonchev–Trinajstić information content (AvgIpc) is 2.21. The highest BCUT2D eigenvalue weighted by atomic mass is 32.2. The molecule has 0 aliphatic rings. The van der Waals surface area contributed by atoms with Crippen molar-refractivity contribution in [2.24, 2.45) is 0 Å². The van der Waals surface area contributed by atoms with E-state index in [1.165, 1.54) is 23.1 Å². The third-order valence-electron chi connectivity index (χ3n) is 2.12. The van der Waals surface area contributed by atoms with E-state index in [9.17, 15) is 4.79 Å². The zero-order valence-electron chi connectivity index (χ0n) is 9.37. The molecule has 0 aliphatic carbocycles. The van der Waals surface area contributed by atoms with Gasteiger partial charge in [0.15, 0.2) is 0 Å². The maximum atomic E-state index is 10.9. The molecule has 82 valence electrons. The van der Waals surface area contributed by atoms with Crippen molar-refractivity contribution in [1.82, 2.24) is 0 Å². The number of esters is 1. The van der Waals surface area contributed by atoms with Crippen LogP contribution >= 0.6 is 11.8 Å². The second-order valence-electron chi connectivity index (χ2n) is 3.44. The molecule has 0 amide bonds. The quantitative estimate of drug-likeness (QED) is 0.581. The summed E-state index contributed by atoms with van der Waals surface area (Å²) in [5, 5.41) is 0. The highest BCUT2D eigenvalue weighted by Gasteiger charge is 2.03. The Morgan fingerprint density at radius 1 is 1.40 bits per heavy atom. The van der Waals surface area contributed by atoms with Crippen LogP contribution in [-0.2, 0) is 9.53 Å². The van der Waals surface area contributed by atoms with Gasteiger partial charge in [-0.1, -0.05) is 17.7 Å². The van der Waals surface area contributed by atoms with Crippen LogP contribution in [0.2, 0.25) is 0 Å². The number of hydrogen-bond acceptors (Lipinski definition) is 3. The molecule has 15 heavy (non-hydrogen) atoms. The number of benzene rings is 1. The van der Waals surface area contributed by atoms with Crippen molar-refractivity contribution in [3.8, 4) is 0 Å². The molecule has 0 aliphatic heterocycles. The second kappa shape index (κ2) is 5.81. The molecule has 0 heterocycles. The van der Waals surface area contributed by atoms with Crippen molar-refractivity contribution in [1.29, 1.82) is 0 Å². The summed E-state index contributed by atoms with van der Waals surface area (Å²) < 4.78 is 4.59. The van der Waals surface area contributed by atoms with Crippen LogP contribution in [0.1, 0.15) is 17.5 Å². The van der Waals surface area contributed by atoms with Gasteiger partial charge in [0, 0.05) is 10.6 Å². The van der Waals surface area contributed by atoms with Crippen molar-refractivity contribution >= 4 is 17.7 Å². The lowest BCUT2D eigenvalue weighted by Crippen LogP contribution is -2.01. The van der Waals surface area contributed by atoms with Gasteiger partial charge in [-0.3, -0.25) is 4.79 Å². The fraction of sp³-hybridized carbons (Fsp3) is 0.417. The minimum atomic E-state index is -0.146. The van der Waals surface area contributed by atoms with Crippen LogP contribution in [0.15, 0.2) is 23.1 Å². The summed E-state index contributed by atoms with van der Waals surface area (Å²) in [5.41, 5.74) is 2.54. The number of aryl methyl sites for hydroxylation is 2. The Morgan fingerprint density at radius 3 is 2.73 bits per heavy atom. The molecule has 1 rings (SSSR count). The first-order chi connectivity index (χ1) is 7.13. The molecule has 0 spiro atoms. The Labute approximate surface area is 95.0 Å². The van der Waals surface area contributed by atoms with Gasteiger partial charge in [0.2, 0.25) is 0 Å². The maximum absolute atomic E-state index is 10.9. The summed E-state index contributed by atoms with van der Waals surface area (Å²) in [4.78, 5) is 12.1. The molecule has 0 aromatic heterocycles. The average molecular weight is 224 g/mol. The van der Waals surface area contributed by atoms with E-state index in [0.29, 0.717) is 6.42 Å². The largest absolute Gasteiger partial charge is 0.469 e. The highest BCUT2D eigenvalue weighted by molar-refractivity contribution is 7.99. The third-order valence-corrected chi connectivity index (χ3v) is 3.30. The minimum Gasteiger partial charge on any atom is -0.469 e. The zero-order chi connectivity index (χ0) is 11.3. The summed E-state index contributed by atoms with van der Waals surface area (Å²) in [5.74, 6) is 0.628. The molecule has 0 saturated carbocycles. The van der Waals surface area contributed by atoms with E-state index in [1.54, 1.807) is 11.8 Å². The Balaban J connectivity index is 2.47. The summed E-state index contributed by atoms with van der Waals surface area (Å²) >= 11 is 1.70. The van der Waals surface area contributed by atoms with Gasteiger partial charge in [0.05, 0.1) is 13.5 Å². The molecule has 0 saturated heterocycles. The van der Waals surface area contributed by atoms with E-state index in [1.807, 2.05) is 0 Å². The van der Waals surface area contributed by atoms with Gasteiger partial charge in [0.1, 0.15) is 0 Å². The fourth-order valence-electron chi connectivity index (χ4n) is 1.31. The smallest absolute Gasteiger partial charge is 0.306 e. The fourth-order valence-corrected chi connectivity index (χ4v) is 2.25. The summed E-state index contributed by atoms with van der Waals surface area (Å²) in [6, 6.07) is 6.35. The van der Waals surface area contributed by atoms with Crippen LogP contribution in [0.4, 0.5) is 0 Å². The molecule has 0 fully saturated rings. The number of carbonyl (C=O) groups excluding carboxylic acids is 1. The SMILES string of the molecule is COC(=O)CCSc1ccc(C)cc1C. The van der Waals surface area contributed by atoms with Crippen LogP contribution in [0.25, 0.3) is 0 Å². The predicted molar refractivity (Wildman–Crippen MR) is 63.3 cm³/mol. The lowest BCUT2D eigenvalue weighted by molar-refractivity contribution is -0.140. The van der Waals surface area contributed by atoms with Crippen molar-refractivity contribution in [3.05, 3.63) is 29.3 Å². The lowest BCUT2D eigenvalue weighted by Gasteiger charge is -2.05. The molecule has 2 nitrogen and oxygen atoms in total. The normalized spacial score (nSPS) is 10.1. The number of hydrogen-bond donors (Lipinski definition) is 0. The van der Waals surface area contributed by atoms with Gasteiger partial charge in [-0.15, -0.1) is 11.8 Å². The summed E-state index contributed by atoms with van der Waals surface area (Å²) in [6.07, 6.45) is 0.467. The molecule has 0 unspecified atom stereocenters. The van der Waals surface area contributed by atoms with Crippen LogP contribution in [0, 0.1) is 13.8 Å². The Kier molecular flexibility index (Phi) is 4.69. The van der Waals surface area contributed by atoms with Crippen molar-refractivity contribution in [2.45, 2.75) is 25.2 Å². The molecule has 0 N–H and O–H groups in total. The predicted octanol–water partition coefficient (Wildman–Crippen LogP) is 2.96. The maximum Gasteiger partial charge on any atom is 0.306 e. The molecule has 0 atom stereocenters. The molecule has 3 heteroatoms. The Hall–Kier alpha value is -0.960. The van der Waals surface area contributed by atoms with Crippen molar-refractivity contribution in [2.75, 3.05) is 12.9 Å². The molecule has 1 aromatic rings. The van der Waals surface area contributed by atoms with E-state index >= 15 is 0 Å². The lowest BCUT2D eigenvalue weighted by atomic mass is 10.2. The first-order valence-corrected chi connectivity index (χ1v) is 5.89. The number of methoxy groups -OCH3 is 1. The number of carbonyl (C=O) groups is 1. The topological polar surface area (TPSA) is 26.3 Å². The van der Waals surface area contributed by atoms with Gasteiger partial charge in [-0.2, -0.15) is 0 Å². The first kappa shape index (κ1) is 12.1. The van der Waals surface area contributed by atoms with Crippen LogP contribution in [-0.4, -0.2) is 18.8 Å². The van der Waals surface area contributed by atoms with E-state index in [2.05, 4.69) is 36.8 Å². The van der Waals surface area contributed by atoms with Crippen molar-refractivity contribution in [3.63, 3.8) is 0 Å². The van der Waals surface area contributed by atoms with Gasteiger partial charge < -0.3 is 4.74 Å². The summed E-state index contributed by atoms with van der Waals surface area (Å²) in [6.45, 7) is 4.17. The molecule has 0 radical (unpaired) electrons. The standard InChI is InChI=1S/C12H16O2S/c1-9-4-5-11(10(2)8-9)15-7-6-12(13)14-3/h4-5,8H,6-7H2,1-3H3. The monoisotopic (exact) mass is 224 g/mol. The second-order valence-corrected chi connectivity index (χ2v) is 4.58. The van der Waals surface area contributed by atoms with E-state index < -0.39 is 0 Å². The van der Waals surface area contributed by atoms with Gasteiger partial charge in [-0.25, -0.2) is 0 Å². The summed E-state index contributed by atoms with van der Waals surface area (Å²) in [7, 11) is 1.42. The van der Waals surface area contributed by atoms with E-state index in [0.717, 1.165) is 5.75 Å². The minimum absolute atomic E-state index is 0.146. The first-order valence-electron chi connectivity index (χ1n) is 4.90. The Morgan fingerprint density at radius 2 is 2.13 bits per heavy atom. The van der Waals surface area contributed by atoms with Crippen molar-refractivity contribution < 1.29 is 9.53 Å². The molecular weight excluding hydrogens is 208 g/mol.